The summed E-state index contributed by atoms with van der Waals surface area (Å²) in [4.78, 5) is 24.4. The molecule has 1 aliphatic heterocycles. The molecule has 90 valence electrons. The largest absolute Gasteiger partial charge is 0.285 e. The van der Waals surface area contributed by atoms with Gasteiger partial charge in [-0.2, -0.15) is 0 Å². The summed E-state index contributed by atoms with van der Waals surface area (Å²) in [6.07, 6.45) is 0.891. The average Bonchev–Trinajstić information content (AvgIpc) is 2.53. The molecule has 0 radical (unpaired) electrons. The Morgan fingerprint density at radius 1 is 1.41 bits per heavy atom. The second-order valence-electron chi connectivity index (χ2n) is 4.42. The van der Waals surface area contributed by atoms with Gasteiger partial charge < -0.3 is 0 Å². The lowest BCUT2D eigenvalue weighted by atomic mass is 9.95. The summed E-state index contributed by atoms with van der Waals surface area (Å²) < 4.78 is 0. The third-order valence-corrected chi connectivity index (χ3v) is 3.73. The number of likely N-dealkylation sites (tertiary alicyclic amines) is 1. The van der Waals surface area contributed by atoms with Gasteiger partial charge in [0.2, 0.25) is 11.8 Å². The van der Waals surface area contributed by atoms with E-state index in [0.717, 1.165) is 11.1 Å². The van der Waals surface area contributed by atoms with Gasteiger partial charge in [0.15, 0.2) is 0 Å². The summed E-state index contributed by atoms with van der Waals surface area (Å²) in [5, 5.41) is 0.702. The summed E-state index contributed by atoms with van der Waals surface area (Å²) in [5.41, 5.74) is 2.03. The van der Waals surface area contributed by atoms with E-state index in [-0.39, 0.29) is 17.7 Å². The van der Waals surface area contributed by atoms with Crippen LogP contribution in [-0.2, 0) is 16.0 Å². The molecule has 0 saturated carbocycles. The van der Waals surface area contributed by atoms with Crippen LogP contribution in [0.3, 0.4) is 0 Å². The molecule has 2 rings (SSSR count). The Balaban J connectivity index is 2.20. The molecular weight excluding hydrogens is 238 g/mol. The maximum Gasteiger partial charge on any atom is 0.232 e. The highest BCUT2D eigenvalue weighted by molar-refractivity contribution is 6.31. The van der Waals surface area contributed by atoms with Crippen LogP contribution < -0.4 is 0 Å². The summed E-state index contributed by atoms with van der Waals surface area (Å²) in [5.74, 6) is -0.418. The number of halogens is 1. The summed E-state index contributed by atoms with van der Waals surface area (Å²) in [7, 11) is 1.54. The van der Waals surface area contributed by atoms with Gasteiger partial charge in [-0.3, -0.25) is 14.5 Å². The molecule has 0 aromatic heterocycles. The minimum atomic E-state index is -0.232. The van der Waals surface area contributed by atoms with Gasteiger partial charge in [0.1, 0.15) is 0 Å². The maximum atomic E-state index is 11.8. The van der Waals surface area contributed by atoms with Gasteiger partial charge in [-0.05, 0) is 30.5 Å². The highest BCUT2D eigenvalue weighted by Crippen LogP contribution is 2.26. The van der Waals surface area contributed by atoms with Gasteiger partial charge in [-0.15, -0.1) is 0 Å². The minimum Gasteiger partial charge on any atom is -0.285 e. The third kappa shape index (κ3) is 2.20. The van der Waals surface area contributed by atoms with E-state index in [9.17, 15) is 9.59 Å². The Kier molecular flexibility index (Phi) is 3.20. The number of amides is 2. The van der Waals surface area contributed by atoms with Gasteiger partial charge in [-0.1, -0.05) is 23.7 Å². The molecule has 0 aliphatic carbocycles. The Morgan fingerprint density at radius 2 is 2.12 bits per heavy atom. The molecule has 1 unspecified atom stereocenters. The van der Waals surface area contributed by atoms with Crippen molar-refractivity contribution in [1.82, 2.24) is 4.90 Å². The van der Waals surface area contributed by atoms with Gasteiger partial charge in [0, 0.05) is 18.5 Å². The number of carbonyl (C=O) groups excluding carboxylic acids is 2. The van der Waals surface area contributed by atoms with Gasteiger partial charge in [0.05, 0.1) is 5.92 Å². The molecule has 1 aromatic rings. The molecule has 4 heteroatoms. The van der Waals surface area contributed by atoms with Crippen LogP contribution in [0, 0.1) is 12.8 Å². The first-order valence-electron chi connectivity index (χ1n) is 5.55. The van der Waals surface area contributed by atoms with Crippen molar-refractivity contribution in [3.63, 3.8) is 0 Å². The van der Waals surface area contributed by atoms with Crippen LogP contribution in [0.15, 0.2) is 18.2 Å². The summed E-state index contributed by atoms with van der Waals surface area (Å²) >= 11 is 6.03. The zero-order chi connectivity index (χ0) is 12.6. The van der Waals surface area contributed by atoms with E-state index >= 15 is 0 Å². The van der Waals surface area contributed by atoms with Crippen molar-refractivity contribution in [2.45, 2.75) is 19.8 Å². The third-order valence-electron chi connectivity index (χ3n) is 3.32. The monoisotopic (exact) mass is 251 g/mol. The second kappa shape index (κ2) is 4.49. The molecule has 2 amide bonds. The van der Waals surface area contributed by atoms with Crippen molar-refractivity contribution >= 4 is 23.4 Å². The van der Waals surface area contributed by atoms with E-state index in [4.69, 9.17) is 11.6 Å². The molecule has 1 aromatic carbocycles. The second-order valence-corrected chi connectivity index (χ2v) is 4.83. The topological polar surface area (TPSA) is 37.4 Å². The zero-order valence-electron chi connectivity index (χ0n) is 9.87. The minimum absolute atomic E-state index is 0.0885. The van der Waals surface area contributed by atoms with E-state index in [0.29, 0.717) is 17.9 Å². The van der Waals surface area contributed by atoms with Gasteiger partial charge in [-0.25, -0.2) is 0 Å². The molecular formula is C13H14ClNO2. The quantitative estimate of drug-likeness (QED) is 0.756. The van der Waals surface area contributed by atoms with E-state index in [1.807, 2.05) is 25.1 Å². The van der Waals surface area contributed by atoms with Crippen molar-refractivity contribution in [2.75, 3.05) is 7.05 Å². The SMILES string of the molecule is Cc1c(Cl)cccc1CC1CC(=O)N(C)C1=O. The lowest BCUT2D eigenvalue weighted by Crippen LogP contribution is -2.26. The lowest BCUT2D eigenvalue weighted by molar-refractivity contribution is -0.137. The van der Waals surface area contributed by atoms with E-state index in [1.54, 1.807) is 0 Å². The van der Waals surface area contributed by atoms with Crippen molar-refractivity contribution in [2.24, 2.45) is 5.92 Å². The Hall–Kier alpha value is -1.35. The molecule has 0 N–H and O–H groups in total. The summed E-state index contributed by atoms with van der Waals surface area (Å²) in [6, 6.07) is 5.65. The summed E-state index contributed by atoms with van der Waals surface area (Å²) in [6.45, 7) is 1.93. The fourth-order valence-electron chi connectivity index (χ4n) is 2.13. The number of benzene rings is 1. The molecule has 0 bridgehead atoms. The first kappa shape index (κ1) is 12.1. The van der Waals surface area contributed by atoms with Crippen LogP contribution >= 0.6 is 11.6 Å². The van der Waals surface area contributed by atoms with E-state index < -0.39 is 0 Å². The van der Waals surface area contributed by atoms with Crippen molar-refractivity contribution in [1.29, 1.82) is 0 Å². The first-order valence-corrected chi connectivity index (χ1v) is 5.93. The van der Waals surface area contributed by atoms with Crippen LogP contribution in [0.1, 0.15) is 17.5 Å². The Bertz CT molecular complexity index is 484. The number of nitrogens with zero attached hydrogens (tertiary/aromatic N) is 1. The smallest absolute Gasteiger partial charge is 0.232 e. The number of rotatable bonds is 2. The standard InChI is InChI=1S/C13H14ClNO2/c1-8-9(4-3-5-11(8)14)6-10-7-12(16)15(2)13(10)17/h3-5,10H,6-7H2,1-2H3. The molecule has 1 fully saturated rings. The Morgan fingerprint density at radius 3 is 2.71 bits per heavy atom. The molecule has 17 heavy (non-hydrogen) atoms. The number of imide groups is 1. The van der Waals surface area contributed by atoms with Gasteiger partial charge >= 0.3 is 0 Å². The number of carbonyl (C=O) groups is 2. The van der Waals surface area contributed by atoms with Crippen molar-refractivity contribution in [3.8, 4) is 0 Å². The molecule has 1 aliphatic rings. The zero-order valence-corrected chi connectivity index (χ0v) is 10.6. The number of hydrogen-bond donors (Lipinski definition) is 0. The van der Waals surface area contributed by atoms with Crippen LogP contribution in [0.25, 0.3) is 0 Å². The van der Waals surface area contributed by atoms with E-state index in [2.05, 4.69) is 0 Å². The maximum absolute atomic E-state index is 11.8. The molecule has 3 nitrogen and oxygen atoms in total. The lowest BCUT2D eigenvalue weighted by Gasteiger charge is -2.11. The van der Waals surface area contributed by atoms with Gasteiger partial charge in [0.25, 0.3) is 0 Å². The highest BCUT2D eigenvalue weighted by atomic mass is 35.5. The first-order chi connectivity index (χ1) is 8.00. The van der Waals surface area contributed by atoms with Crippen LogP contribution in [0.4, 0.5) is 0 Å². The normalized spacial score (nSPS) is 20.2. The van der Waals surface area contributed by atoms with Crippen LogP contribution in [-0.4, -0.2) is 23.8 Å². The molecule has 1 atom stereocenters. The molecule has 1 heterocycles. The fourth-order valence-corrected chi connectivity index (χ4v) is 2.32. The average molecular weight is 252 g/mol. The molecule has 1 saturated heterocycles. The predicted octanol–water partition coefficient (Wildman–Crippen LogP) is 2.20. The highest BCUT2D eigenvalue weighted by Gasteiger charge is 2.35. The fraction of sp³-hybridized carbons (Fsp3) is 0.385. The predicted molar refractivity (Wildman–Crippen MR) is 65.8 cm³/mol. The van der Waals surface area contributed by atoms with Crippen LogP contribution in [0.2, 0.25) is 5.02 Å². The molecule has 0 spiro atoms. The van der Waals surface area contributed by atoms with Crippen molar-refractivity contribution < 1.29 is 9.59 Å². The van der Waals surface area contributed by atoms with Crippen molar-refractivity contribution in [3.05, 3.63) is 34.3 Å². The Labute approximate surface area is 105 Å². The van der Waals surface area contributed by atoms with E-state index in [1.165, 1.54) is 11.9 Å². The number of hydrogen-bond acceptors (Lipinski definition) is 2. The van der Waals surface area contributed by atoms with Crippen LogP contribution in [0.5, 0.6) is 0 Å².